The third kappa shape index (κ3) is 1.40. The summed E-state index contributed by atoms with van der Waals surface area (Å²) >= 11 is 0. The van der Waals surface area contributed by atoms with Gasteiger partial charge in [0.15, 0.2) is 0 Å². The number of benzene rings is 3. The van der Waals surface area contributed by atoms with Gasteiger partial charge in [-0.05, 0) is 51.4 Å². The highest BCUT2D eigenvalue weighted by molar-refractivity contribution is 5.98. The maximum Gasteiger partial charge on any atom is -0.0171 e. The molecule has 0 atom stereocenters. The van der Waals surface area contributed by atoms with Gasteiger partial charge in [-0.2, -0.15) is 0 Å². The molecule has 0 heterocycles. The molecular weight excluding hydrogens is 192 g/mol. The molecule has 0 saturated heterocycles. The predicted molar refractivity (Wildman–Crippen MR) is 69.4 cm³/mol. The molecule has 3 rings (SSSR count). The molecule has 0 saturated carbocycles. The van der Waals surface area contributed by atoms with Crippen LogP contribution in [0.25, 0.3) is 21.5 Å². The quantitative estimate of drug-likeness (QED) is 0.516. The average molecular weight is 203 g/mol. The van der Waals surface area contributed by atoms with Gasteiger partial charge in [0.25, 0.3) is 0 Å². The number of rotatable bonds is 1. The molecule has 0 aromatic heterocycles. The van der Waals surface area contributed by atoms with Crippen LogP contribution in [-0.2, 0) is 0 Å². The first kappa shape index (κ1) is 9.17. The monoisotopic (exact) mass is 203 g/mol. The van der Waals surface area contributed by atoms with Gasteiger partial charge in [-0.3, -0.25) is 0 Å². The van der Waals surface area contributed by atoms with Gasteiger partial charge in [-0.15, -0.1) is 0 Å². The van der Waals surface area contributed by atoms with Gasteiger partial charge in [0.2, 0.25) is 0 Å². The minimum Gasteiger partial charge on any atom is -0.0906 e. The van der Waals surface area contributed by atoms with Crippen LogP contribution in [0.5, 0.6) is 0 Å². The van der Waals surface area contributed by atoms with E-state index in [9.17, 15) is 0 Å². The van der Waals surface area contributed by atoms with Crippen molar-refractivity contribution in [1.82, 2.24) is 0 Å². The molecule has 16 heavy (non-hydrogen) atoms. The largest absolute Gasteiger partial charge is 0.0906 e. The third-order valence-electron chi connectivity index (χ3n) is 2.91. The second-order valence-electron chi connectivity index (χ2n) is 3.94. The van der Waals surface area contributed by atoms with Gasteiger partial charge >= 0.3 is 0 Å². The van der Waals surface area contributed by atoms with Crippen LogP contribution in [0, 0.1) is 6.08 Å². The van der Waals surface area contributed by atoms with E-state index in [0.29, 0.717) is 0 Å². The second kappa shape index (κ2) is 3.49. The Hall–Kier alpha value is -2.08. The van der Waals surface area contributed by atoms with Crippen LogP contribution >= 0.6 is 0 Å². The molecule has 0 unspecified atom stereocenters. The Bertz CT molecular complexity index is 678. The minimum atomic E-state index is 1.04. The van der Waals surface area contributed by atoms with Gasteiger partial charge in [0, 0.05) is 0 Å². The fourth-order valence-corrected chi connectivity index (χ4v) is 2.05. The van der Waals surface area contributed by atoms with E-state index in [1.807, 2.05) is 6.07 Å². The Morgan fingerprint density at radius 2 is 1.31 bits per heavy atom. The highest BCUT2D eigenvalue weighted by Crippen LogP contribution is 2.23. The molecule has 75 valence electrons. The molecule has 3 aromatic rings. The van der Waals surface area contributed by atoms with E-state index in [1.165, 1.54) is 21.5 Å². The van der Waals surface area contributed by atoms with Crippen LogP contribution in [0.1, 0.15) is 5.56 Å². The van der Waals surface area contributed by atoms with Crippen molar-refractivity contribution in [3.05, 3.63) is 72.8 Å². The standard InChI is InChI=1S/C16H11/c1-2-12-7-8-15-10-13-5-3-4-6-14(13)11-16(15)9-12/h3-11H,1H2. The summed E-state index contributed by atoms with van der Waals surface area (Å²) in [6.07, 6.45) is 2.92. The van der Waals surface area contributed by atoms with Gasteiger partial charge in [0.05, 0.1) is 0 Å². The highest BCUT2D eigenvalue weighted by atomic mass is 14.0. The lowest BCUT2D eigenvalue weighted by Crippen LogP contribution is -1.78. The first-order valence-electron chi connectivity index (χ1n) is 5.32. The van der Waals surface area contributed by atoms with Crippen molar-refractivity contribution in [3.8, 4) is 0 Å². The molecule has 0 heteroatoms. The third-order valence-corrected chi connectivity index (χ3v) is 2.91. The van der Waals surface area contributed by atoms with Crippen molar-refractivity contribution < 1.29 is 0 Å². The fourth-order valence-electron chi connectivity index (χ4n) is 2.05. The summed E-state index contributed by atoms with van der Waals surface area (Å²) in [5, 5.41) is 5.06. The Balaban J connectivity index is 2.41. The van der Waals surface area contributed by atoms with E-state index < -0.39 is 0 Å². The minimum absolute atomic E-state index is 1.04. The van der Waals surface area contributed by atoms with Crippen LogP contribution < -0.4 is 0 Å². The maximum absolute atomic E-state index is 3.68. The zero-order valence-electron chi connectivity index (χ0n) is 8.90. The molecule has 0 bridgehead atoms. The lowest BCUT2D eigenvalue weighted by atomic mass is 10.0. The highest BCUT2D eigenvalue weighted by Gasteiger charge is 1.97. The normalized spacial score (nSPS) is 10.8. The summed E-state index contributed by atoms with van der Waals surface area (Å²) in [6, 6.07) is 19.1. The number of fused-ring (bicyclic) bond motifs is 2. The van der Waals surface area contributed by atoms with E-state index in [2.05, 4.69) is 61.2 Å². The molecule has 3 aromatic carbocycles. The summed E-state index contributed by atoms with van der Waals surface area (Å²) in [5.41, 5.74) is 1.04. The van der Waals surface area contributed by atoms with Crippen molar-refractivity contribution >= 4 is 21.5 Å². The van der Waals surface area contributed by atoms with Crippen molar-refractivity contribution in [1.29, 1.82) is 0 Å². The van der Waals surface area contributed by atoms with E-state index in [0.717, 1.165) is 5.56 Å². The van der Waals surface area contributed by atoms with Gasteiger partial charge in [-0.1, -0.05) is 43.0 Å². The molecule has 0 nitrogen and oxygen atoms in total. The Morgan fingerprint density at radius 1 is 0.688 bits per heavy atom. The average Bonchev–Trinajstić information content (AvgIpc) is 2.35. The van der Waals surface area contributed by atoms with Gasteiger partial charge < -0.3 is 0 Å². The first-order valence-corrected chi connectivity index (χ1v) is 5.32. The Labute approximate surface area is 94.8 Å². The summed E-state index contributed by atoms with van der Waals surface area (Å²) in [5.74, 6) is 0. The molecule has 0 amide bonds. The van der Waals surface area contributed by atoms with Gasteiger partial charge in [-0.25, -0.2) is 0 Å². The van der Waals surface area contributed by atoms with Crippen LogP contribution in [0.2, 0.25) is 0 Å². The second-order valence-corrected chi connectivity index (χ2v) is 3.94. The number of hydrogen-bond acceptors (Lipinski definition) is 0. The molecule has 0 aliphatic carbocycles. The molecule has 0 N–H and O–H groups in total. The smallest absolute Gasteiger partial charge is 0.0171 e. The van der Waals surface area contributed by atoms with Crippen molar-refractivity contribution in [2.24, 2.45) is 0 Å². The van der Waals surface area contributed by atoms with E-state index >= 15 is 0 Å². The molecular formula is C16H11. The summed E-state index contributed by atoms with van der Waals surface area (Å²) in [4.78, 5) is 0. The van der Waals surface area contributed by atoms with E-state index in [1.54, 1.807) is 0 Å². The summed E-state index contributed by atoms with van der Waals surface area (Å²) in [7, 11) is 0. The summed E-state index contributed by atoms with van der Waals surface area (Å²) < 4.78 is 0. The zero-order chi connectivity index (χ0) is 11.0. The van der Waals surface area contributed by atoms with Crippen molar-refractivity contribution in [2.45, 2.75) is 0 Å². The lowest BCUT2D eigenvalue weighted by Gasteiger charge is -2.03. The van der Waals surface area contributed by atoms with Crippen LogP contribution in [-0.4, -0.2) is 0 Å². The maximum atomic E-state index is 3.68. The fraction of sp³-hybridized carbons (Fsp3) is 0. The van der Waals surface area contributed by atoms with Gasteiger partial charge in [0.1, 0.15) is 0 Å². The topological polar surface area (TPSA) is 0 Å². The zero-order valence-corrected chi connectivity index (χ0v) is 8.90. The van der Waals surface area contributed by atoms with E-state index in [4.69, 9.17) is 0 Å². The molecule has 0 fully saturated rings. The van der Waals surface area contributed by atoms with Crippen molar-refractivity contribution in [2.75, 3.05) is 0 Å². The Morgan fingerprint density at radius 3 is 2.00 bits per heavy atom. The van der Waals surface area contributed by atoms with Crippen molar-refractivity contribution in [3.63, 3.8) is 0 Å². The molecule has 1 radical (unpaired) electrons. The van der Waals surface area contributed by atoms with E-state index in [-0.39, 0.29) is 0 Å². The van der Waals surface area contributed by atoms with Crippen LogP contribution in [0.15, 0.2) is 61.2 Å². The molecule has 0 aliphatic rings. The Kier molecular flexibility index (Phi) is 2.00. The lowest BCUT2D eigenvalue weighted by molar-refractivity contribution is 1.64. The first-order chi connectivity index (χ1) is 7.86. The predicted octanol–water partition coefficient (Wildman–Crippen LogP) is 4.33. The number of hydrogen-bond donors (Lipinski definition) is 0. The van der Waals surface area contributed by atoms with Crippen LogP contribution in [0.4, 0.5) is 0 Å². The van der Waals surface area contributed by atoms with Crippen LogP contribution in [0.3, 0.4) is 0 Å². The molecule has 0 aliphatic heterocycles. The SMILES string of the molecule is C=[C]c1ccc2cc3ccccc3cc2c1. The molecule has 0 spiro atoms. The summed E-state index contributed by atoms with van der Waals surface area (Å²) in [6.45, 7) is 3.68.